The fourth-order valence-electron chi connectivity index (χ4n) is 5.17. The number of hydrogen-bond acceptors (Lipinski definition) is 2. The normalized spacial score (nSPS) is 22.9. The van der Waals surface area contributed by atoms with Gasteiger partial charge in [-0.1, -0.05) is 61.4 Å². The quantitative estimate of drug-likeness (QED) is 0.879. The van der Waals surface area contributed by atoms with Crippen LogP contribution in [0, 0.1) is 0 Å². The van der Waals surface area contributed by atoms with Crippen molar-refractivity contribution in [1.82, 2.24) is 10.2 Å². The molecule has 3 aliphatic rings. The Morgan fingerprint density at radius 2 is 1.68 bits per heavy atom. The summed E-state index contributed by atoms with van der Waals surface area (Å²) in [6.45, 7) is 0.557. The number of amides is 2. The molecule has 2 fully saturated rings. The number of rotatable bonds is 4. The van der Waals surface area contributed by atoms with E-state index in [9.17, 15) is 9.59 Å². The molecule has 1 aliphatic heterocycles. The van der Waals surface area contributed by atoms with Crippen molar-refractivity contribution in [2.75, 3.05) is 0 Å². The van der Waals surface area contributed by atoms with E-state index >= 15 is 0 Å². The predicted molar refractivity (Wildman–Crippen MR) is 108 cm³/mol. The van der Waals surface area contributed by atoms with Gasteiger partial charge in [-0.15, -0.1) is 0 Å². The Bertz CT molecular complexity index is 898. The average molecular weight is 374 g/mol. The minimum absolute atomic E-state index is 0.0665. The second-order valence-electron chi connectivity index (χ2n) is 8.49. The van der Waals surface area contributed by atoms with Gasteiger partial charge in [-0.3, -0.25) is 9.59 Å². The van der Waals surface area contributed by atoms with E-state index in [2.05, 4.69) is 17.4 Å². The molecule has 1 N–H and O–H groups in total. The fraction of sp³-hybridized carbons (Fsp3) is 0.417. The van der Waals surface area contributed by atoms with Gasteiger partial charge in [-0.05, 0) is 42.9 Å². The summed E-state index contributed by atoms with van der Waals surface area (Å²) in [5.74, 6) is -0.118. The number of benzene rings is 2. The van der Waals surface area contributed by atoms with Crippen LogP contribution in [0.5, 0.6) is 0 Å². The minimum Gasteiger partial charge on any atom is -0.353 e. The van der Waals surface area contributed by atoms with Gasteiger partial charge < -0.3 is 10.2 Å². The molecule has 2 saturated carbocycles. The number of nitrogens with one attached hydrogen (secondary N) is 1. The largest absolute Gasteiger partial charge is 0.353 e. The monoisotopic (exact) mass is 374 g/mol. The zero-order chi connectivity index (χ0) is 19.1. The first kappa shape index (κ1) is 17.5. The first-order chi connectivity index (χ1) is 13.7. The highest BCUT2D eigenvalue weighted by Crippen LogP contribution is 2.51. The van der Waals surface area contributed by atoms with E-state index in [-0.39, 0.29) is 17.7 Å². The van der Waals surface area contributed by atoms with Crippen LogP contribution in [0.1, 0.15) is 65.9 Å². The van der Waals surface area contributed by atoms with Gasteiger partial charge in [0.2, 0.25) is 5.91 Å². The van der Waals surface area contributed by atoms with Gasteiger partial charge in [-0.2, -0.15) is 0 Å². The Labute approximate surface area is 165 Å². The molecule has 28 heavy (non-hydrogen) atoms. The third kappa shape index (κ3) is 2.83. The average Bonchev–Trinajstić information content (AvgIpc) is 3.40. The number of fused-ring (bicyclic) bond motifs is 1. The van der Waals surface area contributed by atoms with Gasteiger partial charge in [-0.25, -0.2) is 0 Å². The van der Waals surface area contributed by atoms with Crippen molar-refractivity contribution >= 4 is 11.8 Å². The molecule has 1 spiro atoms. The Morgan fingerprint density at radius 3 is 2.39 bits per heavy atom. The Morgan fingerprint density at radius 1 is 1.00 bits per heavy atom. The lowest BCUT2D eigenvalue weighted by Gasteiger charge is -2.50. The molecule has 4 heteroatoms. The van der Waals surface area contributed by atoms with Crippen molar-refractivity contribution in [3.63, 3.8) is 0 Å². The molecule has 2 aliphatic carbocycles. The van der Waals surface area contributed by atoms with Crippen LogP contribution in [0.2, 0.25) is 0 Å². The molecule has 1 unspecified atom stereocenters. The van der Waals surface area contributed by atoms with Crippen LogP contribution in [-0.4, -0.2) is 28.3 Å². The summed E-state index contributed by atoms with van der Waals surface area (Å²) in [4.78, 5) is 29.0. The van der Waals surface area contributed by atoms with Crippen molar-refractivity contribution in [2.45, 2.75) is 62.6 Å². The van der Waals surface area contributed by atoms with Gasteiger partial charge >= 0.3 is 0 Å². The van der Waals surface area contributed by atoms with Crippen molar-refractivity contribution in [3.8, 4) is 0 Å². The van der Waals surface area contributed by atoms with Crippen LogP contribution in [0.3, 0.4) is 0 Å². The molecule has 1 heterocycles. The smallest absolute Gasteiger partial charge is 0.254 e. The Kier molecular flexibility index (Phi) is 4.22. The Balaban J connectivity index is 1.62. The van der Waals surface area contributed by atoms with E-state index < -0.39 is 5.54 Å². The maximum absolute atomic E-state index is 13.6. The lowest BCUT2D eigenvalue weighted by molar-refractivity contribution is -0.126. The molecule has 2 aromatic rings. The molecule has 144 valence electrons. The molecule has 0 saturated heterocycles. The second-order valence-corrected chi connectivity index (χ2v) is 8.49. The number of hydrogen-bond donors (Lipinski definition) is 1. The van der Waals surface area contributed by atoms with Crippen molar-refractivity contribution in [2.24, 2.45) is 0 Å². The van der Waals surface area contributed by atoms with Crippen molar-refractivity contribution < 1.29 is 9.59 Å². The van der Waals surface area contributed by atoms with E-state index in [1.54, 1.807) is 0 Å². The first-order valence-corrected chi connectivity index (χ1v) is 10.4. The summed E-state index contributed by atoms with van der Waals surface area (Å²) in [6, 6.07) is 18.2. The van der Waals surface area contributed by atoms with Crippen LogP contribution in [-0.2, 0) is 11.3 Å². The lowest BCUT2D eigenvalue weighted by atomic mass is 9.71. The number of carbonyl (C=O) groups is 2. The SMILES string of the molecule is O=C(NC1CC1)C1c2ccccc2C(=O)N(Cc2ccccc2)C12CCCC2. The highest BCUT2D eigenvalue weighted by atomic mass is 16.2. The van der Waals surface area contributed by atoms with Gasteiger partial charge in [0.25, 0.3) is 5.91 Å². The van der Waals surface area contributed by atoms with Gasteiger partial charge in [0.1, 0.15) is 0 Å². The van der Waals surface area contributed by atoms with Crippen molar-refractivity contribution in [1.29, 1.82) is 0 Å². The third-order valence-electron chi connectivity index (χ3n) is 6.66. The third-order valence-corrected chi connectivity index (χ3v) is 6.66. The molecule has 5 rings (SSSR count). The van der Waals surface area contributed by atoms with Crippen LogP contribution in [0.4, 0.5) is 0 Å². The summed E-state index contributed by atoms with van der Waals surface area (Å²) in [5, 5.41) is 3.24. The molecular formula is C24H26N2O2. The van der Waals surface area contributed by atoms with Crippen LogP contribution in [0.25, 0.3) is 0 Å². The maximum atomic E-state index is 13.6. The molecule has 0 aromatic heterocycles. The number of carbonyl (C=O) groups excluding carboxylic acids is 2. The molecule has 2 amide bonds. The standard InChI is InChI=1S/C24H26N2O2/c27-22(25-18-12-13-18)21-19-10-4-5-11-20(19)23(28)26(24(21)14-6-7-15-24)16-17-8-2-1-3-9-17/h1-5,8-11,18,21H,6-7,12-16H2,(H,25,27). The lowest BCUT2D eigenvalue weighted by Crippen LogP contribution is -2.60. The zero-order valence-corrected chi connectivity index (χ0v) is 16.1. The summed E-state index contributed by atoms with van der Waals surface area (Å²) >= 11 is 0. The topological polar surface area (TPSA) is 49.4 Å². The summed E-state index contributed by atoms with van der Waals surface area (Å²) in [5.41, 5.74) is 2.30. The predicted octanol–water partition coefficient (Wildman–Crippen LogP) is 4.02. The van der Waals surface area contributed by atoms with Gasteiger partial charge in [0.15, 0.2) is 0 Å². The molecular weight excluding hydrogens is 348 g/mol. The van der Waals surface area contributed by atoms with Crippen LogP contribution < -0.4 is 5.32 Å². The van der Waals surface area contributed by atoms with Gasteiger partial charge in [0.05, 0.1) is 11.5 Å². The first-order valence-electron chi connectivity index (χ1n) is 10.4. The summed E-state index contributed by atoms with van der Waals surface area (Å²) in [7, 11) is 0. The van der Waals surface area contributed by atoms with Crippen LogP contribution in [0.15, 0.2) is 54.6 Å². The second kappa shape index (κ2) is 6.77. The van der Waals surface area contributed by atoms with E-state index in [0.717, 1.165) is 49.7 Å². The summed E-state index contributed by atoms with van der Waals surface area (Å²) < 4.78 is 0. The van der Waals surface area contributed by atoms with Crippen molar-refractivity contribution in [3.05, 3.63) is 71.3 Å². The number of nitrogens with zero attached hydrogens (tertiary/aromatic N) is 1. The zero-order valence-electron chi connectivity index (χ0n) is 16.1. The molecule has 2 aromatic carbocycles. The maximum Gasteiger partial charge on any atom is 0.254 e. The molecule has 4 nitrogen and oxygen atoms in total. The summed E-state index contributed by atoms with van der Waals surface area (Å²) in [6.07, 6.45) is 6.05. The highest BCUT2D eigenvalue weighted by Gasteiger charge is 2.55. The van der Waals surface area contributed by atoms with E-state index in [1.165, 1.54) is 0 Å². The van der Waals surface area contributed by atoms with E-state index in [1.807, 2.05) is 47.4 Å². The van der Waals surface area contributed by atoms with E-state index in [0.29, 0.717) is 18.2 Å². The van der Waals surface area contributed by atoms with Gasteiger partial charge in [0, 0.05) is 18.2 Å². The highest BCUT2D eigenvalue weighted by molar-refractivity contribution is 6.02. The van der Waals surface area contributed by atoms with Crippen LogP contribution >= 0.6 is 0 Å². The fourth-order valence-corrected chi connectivity index (χ4v) is 5.17. The Hall–Kier alpha value is -2.62. The minimum atomic E-state index is -0.416. The molecule has 1 atom stereocenters. The molecule has 0 radical (unpaired) electrons. The molecule has 0 bridgehead atoms. The van der Waals surface area contributed by atoms with E-state index in [4.69, 9.17) is 0 Å².